The van der Waals surface area contributed by atoms with Crippen molar-refractivity contribution in [2.75, 3.05) is 13.1 Å². The number of benzene rings is 1. The molecule has 0 radical (unpaired) electrons. The Bertz CT molecular complexity index is 1080. The number of amides is 2. The van der Waals surface area contributed by atoms with E-state index in [0.29, 0.717) is 24.1 Å². The fourth-order valence-electron chi connectivity index (χ4n) is 3.44. The van der Waals surface area contributed by atoms with Gasteiger partial charge in [0, 0.05) is 36.1 Å². The molecular weight excluding hydrogens is 440 g/mol. The molecule has 3 aromatic rings. The van der Waals surface area contributed by atoms with Crippen LogP contribution in [0.25, 0.3) is 11.5 Å². The van der Waals surface area contributed by atoms with Gasteiger partial charge >= 0.3 is 5.92 Å². The van der Waals surface area contributed by atoms with Crippen LogP contribution in [0.15, 0.2) is 51.8 Å². The first-order valence-electron chi connectivity index (χ1n) is 10.1. The van der Waals surface area contributed by atoms with Gasteiger partial charge in [0.15, 0.2) is 5.69 Å². The molecule has 1 unspecified atom stereocenters. The molecule has 168 valence electrons. The molecule has 1 aliphatic heterocycles. The van der Waals surface area contributed by atoms with E-state index in [1.54, 1.807) is 29.2 Å². The fraction of sp³-hybridized carbons (Fsp3) is 0.318. The Morgan fingerprint density at radius 2 is 2.06 bits per heavy atom. The number of aromatic nitrogens is 1. The van der Waals surface area contributed by atoms with Crippen molar-refractivity contribution in [2.45, 2.75) is 31.4 Å². The maximum Gasteiger partial charge on any atom is 0.350 e. The molecule has 7 nitrogen and oxygen atoms in total. The molecule has 1 saturated heterocycles. The van der Waals surface area contributed by atoms with Gasteiger partial charge in [-0.1, -0.05) is 12.1 Å². The third-order valence-corrected chi connectivity index (χ3v) is 5.91. The smallest absolute Gasteiger partial charge is 0.350 e. The Balaban J connectivity index is 1.37. The SMILES string of the molecule is O=C(c1coc(-c2ccc(CNC(=O)C(F)(F)c3ccsc3)cc2)n1)N1CCCC(O)C1. The van der Waals surface area contributed by atoms with E-state index < -0.39 is 17.9 Å². The number of likely N-dealkylation sites (tertiary alicyclic amines) is 1. The van der Waals surface area contributed by atoms with E-state index in [1.165, 1.54) is 23.1 Å². The summed E-state index contributed by atoms with van der Waals surface area (Å²) in [6.07, 6.45) is 2.15. The second kappa shape index (κ2) is 9.17. The number of hydrogen-bond donors (Lipinski definition) is 2. The van der Waals surface area contributed by atoms with Gasteiger partial charge in [-0.2, -0.15) is 20.1 Å². The molecule has 4 rings (SSSR count). The zero-order chi connectivity index (χ0) is 22.7. The Hall–Kier alpha value is -3.11. The summed E-state index contributed by atoms with van der Waals surface area (Å²) in [5.74, 6) is -5.01. The topological polar surface area (TPSA) is 95.7 Å². The van der Waals surface area contributed by atoms with E-state index in [-0.39, 0.29) is 36.1 Å². The fourth-order valence-corrected chi connectivity index (χ4v) is 4.12. The normalized spacial score (nSPS) is 16.7. The number of aliphatic hydroxyl groups excluding tert-OH is 1. The van der Waals surface area contributed by atoms with Crippen LogP contribution < -0.4 is 5.32 Å². The number of nitrogens with one attached hydrogen (secondary N) is 1. The molecule has 1 atom stereocenters. The molecule has 0 saturated carbocycles. The number of carbonyl (C=O) groups excluding carboxylic acids is 2. The summed E-state index contributed by atoms with van der Waals surface area (Å²) in [6, 6.07) is 7.88. The van der Waals surface area contributed by atoms with Gasteiger partial charge < -0.3 is 19.7 Å². The van der Waals surface area contributed by atoms with Crippen molar-refractivity contribution in [1.82, 2.24) is 15.2 Å². The largest absolute Gasteiger partial charge is 0.444 e. The maximum atomic E-state index is 14.1. The van der Waals surface area contributed by atoms with Crippen molar-refractivity contribution in [1.29, 1.82) is 0 Å². The third kappa shape index (κ3) is 4.71. The first kappa shape index (κ1) is 22.1. The molecule has 0 spiro atoms. The Morgan fingerprint density at radius 1 is 1.28 bits per heavy atom. The number of carbonyl (C=O) groups is 2. The second-order valence-corrected chi connectivity index (χ2v) is 8.33. The van der Waals surface area contributed by atoms with E-state index in [0.717, 1.165) is 17.8 Å². The first-order chi connectivity index (χ1) is 15.3. The highest BCUT2D eigenvalue weighted by atomic mass is 32.1. The highest BCUT2D eigenvalue weighted by Crippen LogP contribution is 2.30. The van der Waals surface area contributed by atoms with Gasteiger partial charge in [-0.05, 0) is 42.0 Å². The van der Waals surface area contributed by atoms with E-state index in [4.69, 9.17) is 4.42 Å². The second-order valence-electron chi connectivity index (χ2n) is 7.55. The van der Waals surface area contributed by atoms with E-state index >= 15 is 0 Å². The minimum absolute atomic E-state index is 0.0640. The van der Waals surface area contributed by atoms with Crippen LogP contribution in [-0.2, 0) is 17.3 Å². The van der Waals surface area contributed by atoms with Crippen molar-refractivity contribution in [3.63, 3.8) is 0 Å². The van der Waals surface area contributed by atoms with Gasteiger partial charge in [-0.15, -0.1) is 0 Å². The van der Waals surface area contributed by atoms with Gasteiger partial charge in [0.25, 0.3) is 11.8 Å². The summed E-state index contributed by atoms with van der Waals surface area (Å²) in [5, 5.41) is 14.7. The number of nitrogens with zero attached hydrogens (tertiary/aromatic N) is 2. The molecule has 1 aliphatic rings. The number of β-amino-alcohol motifs (C(OH)–C–C–N with tert-alkyl or cyclic N) is 1. The van der Waals surface area contributed by atoms with Gasteiger partial charge in [0.05, 0.1) is 6.10 Å². The van der Waals surface area contributed by atoms with Gasteiger partial charge in [0.1, 0.15) is 6.26 Å². The summed E-state index contributed by atoms with van der Waals surface area (Å²) in [6.45, 7) is 0.766. The van der Waals surface area contributed by atoms with Gasteiger partial charge in [-0.25, -0.2) is 4.98 Å². The highest BCUT2D eigenvalue weighted by molar-refractivity contribution is 7.08. The van der Waals surface area contributed by atoms with Crippen LogP contribution in [0.1, 0.15) is 34.5 Å². The minimum Gasteiger partial charge on any atom is -0.444 e. The lowest BCUT2D eigenvalue weighted by Crippen LogP contribution is -2.42. The average Bonchev–Trinajstić information content (AvgIpc) is 3.50. The maximum absolute atomic E-state index is 14.1. The van der Waals surface area contributed by atoms with Crippen LogP contribution >= 0.6 is 11.3 Å². The lowest BCUT2D eigenvalue weighted by molar-refractivity contribution is -0.147. The van der Waals surface area contributed by atoms with Crippen molar-refractivity contribution in [3.8, 4) is 11.5 Å². The summed E-state index contributed by atoms with van der Waals surface area (Å²) in [7, 11) is 0. The molecule has 3 heterocycles. The zero-order valence-electron chi connectivity index (χ0n) is 17.0. The molecule has 0 bridgehead atoms. The molecule has 1 fully saturated rings. The Morgan fingerprint density at radius 3 is 2.75 bits per heavy atom. The predicted molar refractivity (Wildman–Crippen MR) is 113 cm³/mol. The summed E-state index contributed by atoms with van der Waals surface area (Å²) < 4.78 is 33.7. The highest BCUT2D eigenvalue weighted by Gasteiger charge is 2.40. The van der Waals surface area contributed by atoms with Crippen molar-refractivity contribution >= 4 is 23.2 Å². The third-order valence-electron chi connectivity index (χ3n) is 5.23. The summed E-state index contributed by atoms with van der Waals surface area (Å²) in [4.78, 5) is 30.2. The van der Waals surface area contributed by atoms with Crippen LogP contribution in [0.4, 0.5) is 8.78 Å². The number of hydrogen-bond acceptors (Lipinski definition) is 6. The number of alkyl halides is 2. The summed E-state index contributed by atoms with van der Waals surface area (Å²) >= 11 is 1.10. The predicted octanol–water partition coefficient (Wildman–Crippen LogP) is 3.41. The van der Waals surface area contributed by atoms with Crippen LogP contribution in [0.2, 0.25) is 0 Å². The lowest BCUT2D eigenvalue weighted by atomic mass is 10.1. The average molecular weight is 461 g/mol. The molecule has 2 aromatic heterocycles. The van der Waals surface area contributed by atoms with Crippen LogP contribution in [0, 0.1) is 0 Å². The summed E-state index contributed by atoms with van der Waals surface area (Å²) in [5.41, 5.74) is 1.04. The van der Waals surface area contributed by atoms with Crippen LogP contribution in [0.3, 0.4) is 0 Å². The molecular formula is C22H21F2N3O4S. The number of aliphatic hydroxyl groups is 1. The molecule has 32 heavy (non-hydrogen) atoms. The van der Waals surface area contributed by atoms with E-state index in [2.05, 4.69) is 10.3 Å². The number of piperidine rings is 1. The number of thiophene rings is 1. The number of oxazole rings is 1. The van der Waals surface area contributed by atoms with Crippen LogP contribution in [0.5, 0.6) is 0 Å². The zero-order valence-corrected chi connectivity index (χ0v) is 17.8. The number of halogens is 2. The van der Waals surface area contributed by atoms with Crippen molar-refractivity contribution < 1.29 is 27.9 Å². The quantitative estimate of drug-likeness (QED) is 0.587. The Kier molecular flexibility index (Phi) is 6.33. The van der Waals surface area contributed by atoms with Crippen LogP contribution in [-0.4, -0.2) is 46.0 Å². The van der Waals surface area contributed by atoms with Gasteiger partial charge in [0.2, 0.25) is 5.89 Å². The molecule has 2 amide bonds. The molecule has 0 aliphatic carbocycles. The van der Waals surface area contributed by atoms with Crippen molar-refractivity contribution in [3.05, 3.63) is 64.2 Å². The Labute approximate surface area is 186 Å². The van der Waals surface area contributed by atoms with E-state index in [1.807, 2.05) is 0 Å². The standard InChI is InChI=1S/C22H21F2N3O4S/c23-22(24,16-7-9-32-13-16)21(30)25-10-14-3-5-15(6-4-14)19-26-18(12-31-19)20(29)27-8-1-2-17(28)11-27/h3-7,9,12-13,17,28H,1-2,8,10-11H2,(H,25,30). The molecule has 2 N–H and O–H groups in total. The molecule has 10 heteroatoms. The van der Waals surface area contributed by atoms with E-state index in [9.17, 15) is 23.5 Å². The van der Waals surface area contributed by atoms with Crippen molar-refractivity contribution in [2.24, 2.45) is 0 Å². The molecule has 1 aromatic carbocycles. The van der Waals surface area contributed by atoms with Gasteiger partial charge in [-0.3, -0.25) is 9.59 Å². The minimum atomic E-state index is -3.59. The monoisotopic (exact) mass is 461 g/mol. The first-order valence-corrected chi connectivity index (χ1v) is 11.0. The number of rotatable bonds is 6. The lowest BCUT2D eigenvalue weighted by Gasteiger charge is -2.29.